The van der Waals surface area contributed by atoms with Crippen LogP contribution in [0.25, 0.3) is 0 Å². The molecule has 2 saturated carbocycles. The van der Waals surface area contributed by atoms with Gasteiger partial charge in [-0.3, -0.25) is 0 Å². The van der Waals surface area contributed by atoms with Gasteiger partial charge in [0.1, 0.15) is 0 Å². The Balaban J connectivity index is 1.38. The summed E-state index contributed by atoms with van der Waals surface area (Å²) in [5, 5.41) is 3.57. The zero-order valence-electron chi connectivity index (χ0n) is 10.6. The molecule has 1 nitrogen and oxygen atoms in total. The van der Waals surface area contributed by atoms with Crippen molar-refractivity contribution in [2.24, 2.45) is 5.92 Å². The van der Waals surface area contributed by atoms with Crippen molar-refractivity contribution >= 4 is 0 Å². The van der Waals surface area contributed by atoms with Crippen molar-refractivity contribution < 1.29 is 0 Å². The maximum atomic E-state index is 3.57. The fourth-order valence-electron chi connectivity index (χ4n) is 2.64. The van der Waals surface area contributed by atoms with Gasteiger partial charge in [0, 0.05) is 6.54 Å². The summed E-state index contributed by atoms with van der Waals surface area (Å²) in [5.74, 6) is 1.91. The van der Waals surface area contributed by atoms with Gasteiger partial charge in [0.05, 0.1) is 0 Å². The van der Waals surface area contributed by atoms with Crippen molar-refractivity contribution in [2.75, 3.05) is 6.54 Å². The molecule has 17 heavy (non-hydrogen) atoms. The molecule has 2 fully saturated rings. The lowest BCUT2D eigenvalue weighted by Crippen LogP contribution is -2.21. The molecule has 0 bridgehead atoms. The molecule has 0 unspecified atom stereocenters. The maximum Gasteiger partial charge on any atom is 0.0205 e. The van der Waals surface area contributed by atoms with Crippen molar-refractivity contribution in [1.82, 2.24) is 5.32 Å². The molecule has 0 aliphatic heterocycles. The van der Waals surface area contributed by atoms with E-state index in [2.05, 4.69) is 29.6 Å². The third kappa shape index (κ3) is 3.10. The van der Waals surface area contributed by atoms with Crippen molar-refractivity contribution in [3.63, 3.8) is 0 Å². The van der Waals surface area contributed by atoms with E-state index in [4.69, 9.17) is 0 Å². The Morgan fingerprint density at radius 2 is 1.76 bits per heavy atom. The lowest BCUT2D eigenvalue weighted by molar-refractivity contribution is 0.292. The normalized spacial score (nSPS) is 20.2. The van der Waals surface area contributed by atoms with E-state index in [1.165, 1.54) is 50.6 Å². The molecule has 0 amide bonds. The van der Waals surface area contributed by atoms with E-state index >= 15 is 0 Å². The SMILES string of the molecule is c1cc(C2CC2)ccc1CNCCC1CCC1. The van der Waals surface area contributed by atoms with Gasteiger partial charge in [-0.15, -0.1) is 0 Å². The highest BCUT2D eigenvalue weighted by molar-refractivity contribution is 5.27. The number of nitrogens with one attached hydrogen (secondary N) is 1. The zero-order valence-corrected chi connectivity index (χ0v) is 10.6. The molecule has 92 valence electrons. The Morgan fingerprint density at radius 3 is 2.35 bits per heavy atom. The van der Waals surface area contributed by atoms with E-state index < -0.39 is 0 Å². The fraction of sp³-hybridized carbons (Fsp3) is 0.625. The highest BCUT2D eigenvalue weighted by atomic mass is 14.8. The first-order chi connectivity index (χ1) is 8.42. The molecule has 2 aliphatic rings. The Bertz CT molecular complexity index is 346. The molecular formula is C16H23N. The molecule has 0 atom stereocenters. The van der Waals surface area contributed by atoms with Crippen LogP contribution in [0.3, 0.4) is 0 Å². The summed E-state index contributed by atoms with van der Waals surface area (Å²) in [6.07, 6.45) is 8.58. The maximum absolute atomic E-state index is 3.57. The van der Waals surface area contributed by atoms with Gasteiger partial charge in [-0.2, -0.15) is 0 Å². The average molecular weight is 229 g/mol. The van der Waals surface area contributed by atoms with Gasteiger partial charge in [0.2, 0.25) is 0 Å². The monoisotopic (exact) mass is 229 g/mol. The number of benzene rings is 1. The van der Waals surface area contributed by atoms with Gasteiger partial charge >= 0.3 is 0 Å². The lowest BCUT2D eigenvalue weighted by atomic mass is 9.83. The third-order valence-electron chi connectivity index (χ3n) is 4.31. The van der Waals surface area contributed by atoms with Gasteiger partial charge < -0.3 is 5.32 Å². The second-order valence-electron chi connectivity index (χ2n) is 5.78. The van der Waals surface area contributed by atoms with E-state index in [9.17, 15) is 0 Å². The molecule has 3 rings (SSSR count). The van der Waals surface area contributed by atoms with E-state index in [-0.39, 0.29) is 0 Å². The molecule has 0 saturated heterocycles. The molecule has 0 radical (unpaired) electrons. The summed E-state index contributed by atoms with van der Waals surface area (Å²) in [6, 6.07) is 9.23. The van der Waals surface area contributed by atoms with Crippen molar-refractivity contribution in [3.8, 4) is 0 Å². The summed E-state index contributed by atoms with van der Waals surface area (Å²) in [4.78, 5) is 0. The van der Waals surface area contributed by atoms with Crippen LogP contribution in [0.4, 0.5) is 0 Å². The summed E-state index contributed by atoms with van der Waals surface area (Å²) >= 11 is 0. The first-order valence-electron chi connectivity index (χ1n) is 7.21. The standard InChI is InChI=1S/C16H23N/c1-2-13(3-1)10-11-17-12-14-4-6-15(7-5-14)16-8-9-16/h4-7,13,16-17H,1-3,8-12H2. The zero-order chi connectivity index (χ0) is 11.5. The van der Waals surface area contributed by atoms with Crippen molar-refractivity contribution in [3.05, 3.63) is 35.4 Å². The molecule has 1 aromatic rings. The van der Waals surface area contributed by atoms with Crippen LogP contribution in [-0.4, -0.2) is 6.54 Å². The molecule has 2 aliphatic carbocycles. The molecular weight excluding hydrogens is 206 g/mol. The molecule has 1 N–H and O–H groups in total. The van der Waals surface area contributed by atoms with Gasteiger partial charge in [-0.05, 0) is 48.8 Å². The van der Waals surface area contributed by atoms with Gasteiger partial charge in [-0.1, -0.05) is 43.5 Å². The summed E-state index contributed by atoms with van der Waals surface area (Å²) in [7, 11) is 0. The quantitative estimate of drug-likeness (QED) is 0.731. The van der Waals surface area contributed by atoms with E-state index in [0.717, 1.165) is 18.4 Å². The number of rotatable bonds is 6. The minimum Gasteiger partial charge on any atom is -0.313 e. The minimum atomic E-state index is 0.885. The second-order valence-corrected chi connectivity index (χ2v) is 5.78. The Morgan fingerprint density at radius 1 is 1.00 bits per heavy atom. The smallest absolute Gasteiger partial charge is 0.0205 e. The molecule has 1 heteroatoms. The first kappa shape index (κ1) is 11.3. The Kier molecular flexibility index (Phi) is 3.46. The number of hydrogen-bond donors (Lipinski definition) is 1. The first-order valence-corrected chi connectivity index (χ1v) is 7.21. The molecule has 0 aromatic heterocycles. The third-order valence-corrected chi connectivity index (χ3v) is 4.31. The van der Waals surface area contributed by atoms with Crippen LogP contribution in [0.5, 0.6) is 0 Å². The molecule has 0 spiro atoms. The fourth-order valence-corrected chi connectivity index (χ4v) is 2.64. The predicted molar refractivity (Wildman–Crippen MR) is 72.1 cm³/mol. The van der Waals surface area contributed by atoms with Crippen LogP contribution in [0, 0.1) is 5.92 Å². The van der Waals surface area contributed by atoms with Crippen LogP contribution in [0.2, 0.25) is 0 Å². The van der Waals surface area contributed by atoms with Gasteiger partial charge in [0.25, 0.3) is 0 Å². The molecule has 0 heterocycles. The Hall–Kier alpha value is -0.820. The highest BCUT2D eigenvalue weighted by Gasteiger charge is 2.22. The highest BCUT2D eigenvalue weighted by Crippen LogP contribution is 2.39. The van der Waals surface area contributed by atoms with Gasteiger partial charge in [0.15, 0.2) is 0 Å². The summed E-state index contributed by atoms with van der Waals surface area (Å²) in [5.41, 5.74) is 2.98. The van der Waals surface area contributed by atoms with E-state index in [1.807, 2.05) is 0 Å². The van der Waals surface area contributed by atoms with Crippen molar-refractivity contribution in [2.45, 2.75) is 51.0 Å². The summed E-state index contributed by atoms with van der Waals surface area (Å²) < 4.78 is 0. The van der Waals surface area contributed by atoms with E-state index in [1.54, 1.807) is 5.56 Å². The van der Waals surface area contributed by atoms with Crippen LogP contribution >= 0.6 is 0 Å². The minimum absolute atomic E-state index is 0.885. The summed E-state index contributed by atoms with van der Waals surface area (Å²) in [6.45, 7) is 2.23. The van der Waals surface area contributed by atoms with Gasteiger partial charge in [-0.25, -0.2) is 0 Å². The lowest BCUT2D eigenvalue weighted by Gasteiger charge is -2.25. The van der Waals surface area contributed by atoms with Crippen LogP contribution in [-0.2, 0) is 6.54 Å². The van der Waals surface area contributed by atoms with E-state index in [0.29, 0.717) is 0 Å². The van der Waals surface area contributed by atoms with Crippen LogP contribution < -0.4 is 5.32 Å². The van der Waals surface area contributed by atoms with Crippen molar-refractivity contribution in [1.29, 1.82) is 0 Å². The topological polar surface area (TPSA) is 12.0 Å². The van der Waals surface area contributed by atoms with Crippen LogP contribution in [0.1, 0.15) is 55.6 Å². The van der Waals surface area contributed by atoms with Crippen LogP contribution in [0.15, 0.2) is 24.3 Å². The molecule has 1 aromatic carbocycles. The largest absolute Gasteiger partial charge is 0.313 e. The Labute approximate surface area is 105 Å². The average Bonchev–Trinajstić information content (AvgIpc) is 3.11. The second kappa shape index (κ2) is 5.22. The number of hydrogen-bond acceptors (Lipinski definition) is 1. The predicted octanol–water partition coefficient (Wildman–Crippen LogP) is 3.84.